The van der Waals surface area contributed by atoms with Crippen LogP contribution in [-0.4, -0.2) is 13.2 Å². The van der Waals surface area contributed by atoms with Crippen molar-refractivity contribution in [1.82, 2.24) is 5.32 Å². The van der Waals surface area contributed by atoms with Crippen LogP contribution >= 0.6 is 22.9 Å². The largest absolute Gasteiger partial charge is 0.497 e. The van der Waals surface area contributed by atoms with Gasteiger partial charge >= 0.3 is 0 Å². The summed E-state index contributed by atoms with van der Waals surface area (Å²) < 4.78 is 5.25. The molecule has 0 radical (unpaired) electrons. The summed E-state index contributed by atoms with van der Waals surface area (Å²) in [7, 11) is 1.67. The molecule has 1 heterocycles. The van der Waals surface area contributed by atoms with Gasteiger partial charge in [-0.15, -0.1) is 11.3 Å². The number of rotatable bonds is 5. The SMILES string of the molecule is COc1ccc(Cl)c(-c2ccc(CNC(C)C)s2)c1. The predicted octanol–water partition coefficient (Wildman–Crippen LogP) is 4.58. The first-order valence-electron chi connectivity index (χ1n) is 6.26. The monoisotopic (exact) mass is 295 g/mol. The van der Waals surface area contributed by atoms with Gasteiger partial charge in [-0.25, -0.2) is 0 Å². The van der Waals surface area contributed by atoms with E-state index in [1.807, 2.05) is 18.2 Å². The van der Waals surface area contributed by atoms with Gasteiger partial charge in [0.15, 0.2) is 0 Å². The summed E-state index contributed by atoms with van der Waals surface area (Å²) in [5, 5.41) is 4.17. The van der Waals surface area contributed by atoms with Crippen molar-refractivity contribution in [2.75, 3.05) is 7.11 Å². The fraction of sp³-hybridized carbons (Fsp3) is 0.333. The minimum atomic E-state index is 0.492. The van der Waals surface area contributed by atoms with Gasteiger partial charge in [-0.05, 0) is 30.3 Å². The highest BCUT2D eigenvalue weighted by atomic mass is 35.5. The Bertz CT molecular complexity index is 551. The Kier molecular flexibility index (Phi) is 4.86. The van der Waals surface area contributed by atoms with Gasteiger partial charge in [0.1, 0.15) is 5.75 Å². The minimum Gasteiger partial charge on any atom is -0.497 e. The average molecular weight is 296 g/mol. The zero-order valence-electron chi connectivity index (χ0n) is 11.4. The Balaban J connectivity index is 2.22. The zero-order chi connectivity index (χ0) is 13.8. The Morgan fingerprint density at radius 1 is 1.26 bits per heavy atom. The Morgan fingerprint density at radius 2 is 2.05 bits per heavy atom. The van der Waals surface area contributed by atoms with Gasteiger partial charge in [-0.2, -0.15) is 0 Å². The van der Waals surface area contributed by atoms with Gasteiger partial charge in [-0.3, -0.25) is 0 Å². The van der Waals surface area contributed by atoms with Crippen LogP contribution in [0.15, 0.2) is 30.3 Å². The molecule has 0 saturated carbocycles. The maximum Gasteiger partial charge on any atom is 0.119 e. The Labute approximate surface area is 123 Å². The van der Waals surface area contributed by atoms with Crippen molar-refractivity contribution in [2.24, 2.45) is 0 Å². The van der Waals surface area contributed by atoms with Gasteiger partial charge < -0.3 is 10.1 Å². The highest BCUT2D eigenvalue weighted by Crippen LogP contribution is 2.35. The van der Waals surface area contributed by atoms with Crippen LogP contribution in [0.5, 0.6) is 5.75 Å². The summed E-state index contributed by atoms with van der Waals surface area (Å²) in [6.45, 7) is 5.19. The minimum absolute atomic E-state index is 0.492. The molecule has 102 valence electrons. The van der Waals surface area contributed by atoms with E-state index in [9.17, 15) is 0 Å². The third-order valence-electron chi connectivity index (χ3n) is 2.79. The van der Waals surface area contributed by atoms with E-state index in [0.717, 1.165) is 22.9 Å². The molecule has 1 aromatic heterocycles. The number of thiophene rings is 1. The van der Waals surface area contributed by atoms with Crippen LogP contribution in [-0.2, 0) is 6.54 Å². The molecule has 0 amide bonds. The molecule has 1 aromatic carbocycles. The van der Waals surface area contributed by atoms with E-state index in [2.05, 4.69) is 31.3 Å². The normalized spacial score (nSPS) is 11.0. The maximum atomic E-state index is 6.26. The van der Waals surface area contributed by atoms with Crippen LogP contribution in [0, 0.1) is 0 Å². The summed E-state index contributed by atoms with van der Waals surface area (Å²) >= 11 is 8.02. The molecule has 4 heteroatoms. The predicted molar refractivity (Wildman–Crippen MR) is 83.3 cm³/mol. The summed E-state index contributed by atoms with van der Waals surface area (Å²) in [5.41, 5.74) is 1.03. The third-order valence-corrected chi connectivity index (χ3v) is 4.23. The fourth-order valence-corrected chi connectivity index (χ4v) is 3.01. The van der Waals surface area contributed by atoms with Crippen molar-refractivity contribution in [3.05, 3.63) is 40.2 Å². The second kappa shape index (κ2) is 6.42. The van der Waals surface area contributed by atoms with Gasteiger partial charge in [0.25, 0.3) is 0 Å². The van der Waals surface area contributed by atoms with Crippen molar-refractivity contribution < 1.29 is 4.74 Å². The molecule has 1 N–H and O–H groups in total. The number of benzene rings is 1. The molecule has 0 aliphatic rings. The highest BCUT2D eigenvalue weighted by molar-refractivity contribution is 7.15. The lowest BCUT2D eigenvalue weighted by Crippen LogP contribution is -2.21. The molecule has 0 unspecified atom stereocenters. The molecule has 0 bridgehead atoms. The number of methoxy groups -OCH3 is 1. The van der Waals surface area contributed by atoms with E-state index in [4.69, 9.17) is 16.3 Å². The van der Waals surface area contributed by atoms with E-state index >= 15 is 0 Å². The molecule has 19 heavy (non-hydrogen) atoms. The molecule has 0 aliphatic heterocycles. The number of hydrogen-bond acceptors (Lipinski definition) is 3. The van der Waals surface area contributed by atoms with Crippen molar-refractivity contribution in [2.45, 2.75) is 26.4 Å². The van der Waals surface area contributed by atoms with Crippen LogP contribution in [0.1, 0.15) is 18.7 Å². The molecule has 0 fully saturated rings. The standard InChI is InChI=1S/C15H18ClNOS/c1-10(2)17-9-12-5-7-15(19-12)13-8-11(18-3)4-6-14(13)16/h4-8,10,17H,9H2,1-3H3. The average Bonchev–Trinajstić information content (AvgIpc) is 2.85. The van der Waals surface area contributed by atoms with Gasteiger partial charge in [-0.1, -0.05) is 25.4 Å². The Morgan fingerprint density at radius 3 is 2.74 bits per heavy atom. The van der Waals surface area contributed by atoms with Crippen molar-refractivity contribution >= 4 is 22.9 Å². The van der Waals surface area contributed by atoms with E-state index in [0.29, 0.717) is 6.04 Å². The van der Waals surface area contributed by atoms with E-state index < -0.39 is 0 Å². The zero-order valence-corrected chi connectivity index (χ0v) is 12.9. The topological polar surface area (TPSA) is 21.3 Å². The van der Waals surface area contributed by atoms with Crippen LogP contribution in [0.25, 0.3) is 10.4 Å². The van der Waals surface area contributed by atoms with Crippen LogP contribution in [0.4, 0.5) is 0 Å². The summed E-state index contributed by atoms with van der Waals surface area (Å²) in [4.78, 5) is 2.48. The molecule has 0 spiro atoms. The van der Waals surface area contributed by atoms with E-state index in [1.54, 1.807) is 18.4 Å². The summed E-state index contributed by atoms with van der Waals surface area (Å²) in [5.74, 6) is 0.828. The lowest BCUT2D eigenvalue weighted by atomic mass is 10.2. The van der Waals surface area contributed by atoms with Crippen molar-refractivity contribution in [3.8, 4) is 16.2 Å². The molecular formula is C15H18ClNOS. The van der Waals surface area contributed by atoms with Gasteiger partial charge in [0, 0.05) is 32.9 Å². The first kappa shape index (κ1) is 14.4. The number of hydrogen-bond donors (Lipinski definition) is 1. The molecule has 0 saturated heterocycles. The quantitative estimate of drug-likeness (QED) is 0.872. The highest BCUT2D eigenvalue weighted by Gasteiger charge is 2.08. The van der Waals surface area contributed by atoms with Crippen LogP contribution in [0.3, 0.4) is 0 Å². The first-order chi connectivity index (χ1) is 9.10. The van der Waals surface area contributed by atoms with Crippen LogP contribution in [0.2, 0.25) is 5.02 Å². The first-order valence-corrected chi connectivity index (χ1v) is 7.45. The summed E-state index contributed by atoms with van der Waals surface area (Å²) in [6.07, 6.45) is 0. The van der Waals surface area contributed by atoms with E-state index in [-0.39, 0.29) is 0 Å². The number of nitrogens with one attached hydrogen (secondary N) is 1. The van der Waals surface area contributed by atoms with Crippen molar-refractivity contribution in [3.63, 3.8) is 0 Å². The van der Waals surface area contributed by atoms with E-state index in [1.165, 1.54) is 9.75 Å². The number of halogens is 1. The second-order valence-corrected chi connectivity index (χ2v) is 6.22. The number of ether oxygens (including phenoxy) is 1. The van der Waals surface area contributed by atoms with Crippen LogP contribution < -0.4 is 10.1 Å². The smallest absolute Gasteiger partial charge is 0.119 e. The molecule has 2 rings (SSSR count). The fourth-order valence-electron chi connectivity index (χ4n) is 1.74. The third kappa shape index (κ3) is 3.72. The van der Waals surface area contributed by atoms with Gasteiger partial charge in [0.05, 0.1) is 7.11 Å². The van der Waals surface area contributed by atoms with Crippen molar-refractivity contribution in [1.29, 1.82) is 0 Å². The molecule has 2 aromatic rings. The maximum absolute atomic E-state index is 6.26. The lowest BCUT2D eigenvalue weighted by molar-refractivity contribution is 0.415. The molecule has 0 aliphatic carbocycles. The molecule has 2 nitrogen and oxygen atoms in total. The lowest BCUT2D eigenvalue weighted by Gasteiger charge is -2.06. The molecular weight excluding hydrogens is 278 g/mol. The Hall–Kier alpha value is -1.03. The summed E-state index contributed by atoms with van der Waals surface area (Å²) in [6, 6.07) is 10.5. The van der Waals surface area contributed by atoms with Gasteiger partial charge in [0.2, 0.25) is 0 Å². The second-order valence-electron chi connectivity index (χ2n) is 4.65. The molecule has 0 atom stereocenters.